The summed E-state index contributed by atoms with van der Waals surface area (Å²) in [5, 5.41) is 3.17. The predicted octanol–water partition coefficient (Wildman–Crippen LogP) is 4.18. The number of nitrogens with two attached hydrogens (primary N) is 1. The zero-order chi connectivity index (χ0) is 18.6. The van der Waals surface area contributed by atoms with Crippen molar-refractivity contribution in [3.63, 3.8) is 0 Å². The third-order valence-corrected chi connectivity index (χ3v) is 5.53. The lowest BCUT2D eigenvalue weighted by Crippen LogP contribution is -2.43. The highest BCUT2D eigenvalue weighted by molar-refractivity contribution is 5.88. The fourth-order valence-corrected chi connectivity index (χ4v) is 3.92. The van der Waals surface area contributed by atoms with E-state index in [4.69, 9.17) is 10.5 Å². The molecule has 1 aliphatic rings. The van der Waals surface area contributed by atoms with Gasteiger partial charge in [-0.05, 0) is 61.1 Å². The van der Waals surface area contributed by atoms with Crippen LogP contribution in [0.25, 0.3) is 0 Å². The Balaban J connectivity index is 0.00000261. The van der Waals surface area contributed by atoms with Gasteiger partial charge in [0.1, 0.15) is 5.75 Å². The van der Waals surface area contributed by atoms with Crippen LogP contribution in [0.2, 0.25) is 0 Å². The summed E-state index contributed by atoms with van der Waals surface area (Å²) >= 11 is 0. The normalized spacial score (nSPS) is 15.0. The number of carbonyl (C=O) groups is 1. The molecular weight excluding hydrogens is 360 g/mol. The summed E-state index contributed by atoms with van der Waals surface area (Å²) in [6, 6.07) is 14.0. The zero-order valence-electron chi connectivity index (χ0n) is 16.1. The molecule has 27 heavy (non-hydrogen) atoms. The zero-order valence-corrected chi connectivity index (χ0v) is 16.9. The molecule has 1 aliphatic carbocycles. The quantitative estimate of drug-likeness (QED) is 0.729. The minimum Gasteiger partial charge on any atom is -0.496 e. The van der Waals surface area contributed by atoms with E-state index in [1.165, 1.54) is 5.56 Å². The van der Waals surface area contributed by atoms with Crippen molar-refractivity contribution in [2.75, 3.05) is 19.4 Å². The van der Waals surface area contributed by atoms with Crippen LogP contribution in [0.4, 0.5) is 5.69 Å². The minimum atomic E-state index is -0.428. The SMILES string of the molecule is COc1cc(C2(C(=O)NCCc3ccc(N)cc3)CCCC2)ccc1C.Cl. The molecule has 1 amide bonds. The first-order valence-electron chi connectivity index (χ1n) is 9.33. The molecule has 4 nitrogen and oxygen atoms in total. The van der Waals surface area contributed by atoms with Crippen molar-refractivity contribution in [1.82, 2.24) is 5.32 Å². The van der Waals surface area contributed by atoms with Crippen LogP contribution in [-0.2, 0) is 16.6 Å². The van der Waals surface area contributed by atoms with E-state index < -0.39 is 5.41 Å². The van der Waals surface area contributed by atoms with Crippen LogP contribution in [0.15, 0.2) is 42.5 Å². The van der Waals surface area contributed by atoms with Crippen LogP contribution in [0.5, 0.6) is 5.75 Å². The largest absolute Gasteiger partial charge is 0.496 e. The monoisotopic (exact) mass is 388 g/mol. The second-order valence-corrected chi connectivity index (χ2v) is 7.22. The van der Waals surface area contributed by atoms with Crippen LogP contribution in [-0.4, -0.2) is 19.6 Å². The average Bonchev–Trinajstić information content (AvgIpc) is 3.15. The van der Waals surface area contributed by atoms with Crippen molar-refractivity contribution >= 4 is 24.0 Å². The Hall–Kier alpha value is -2.20. The molecule has 0 bridgehead atoms. The van der Waals surface area contributed by atoms with Crippen LogP contribution in [0, 0.1) is 6.92 Å². The van der Waals surface area contributed by atoms with Crippen LogP contribution < -0.4 is 15.8 Å². The van der Waals surface area contributed by atoms with E-state index in [2.05, 4.69) is 17.4 Å². The molecule has 0 spiro atoms. The number of aryl methyl sites for hydroxylation is 1. The first-order valence-corrected chi connectivity index (χ1v) is 9.33. The maximum atomic E-state index is 13.1. The maximum Gasteiger partial charge on any atom is 0.230 e. The van der Waals surface area contributed by atoms with Gasteiger partial charge in [0.25, 0.3) is 0 Å². The lowest BCUT2D eigenvalue weighted by atomic mass is 9.77. The van der Waals surface area contributed by atoms with Gasteiger partial charge in [-0.15, -0.1) is 12.4 Å². The Labute approximate surface area is 167 Å². The van der Waals surface area contributed by atoms with E-state index in [0.717, 1.165) is 54.7 Å². The Bertz CT molecular complexity index is 768. The highest BCUT2D eigenvalue weighted by atomic mass is 35.5. The molecule has 0 radical (unpaired) electrons. The van der Waals surface area contributed by atoms with Gasteiger partial charge in [-0.2, -0.15) is 0 Å². The van der Waals surface area contributed by atoms with Crippen molar-refractivity contribution in [2.45, 2.75) is 44.4 Å². The number of rotatable bonds is 6. The van der Waals surface area contributed by atoms with E-state index in [-0.39, 0.29) is 18.3 Å². The number of carbonyl (C=O) groups excluding carboxylic acids is 1. The molecule has 0 atom stereocenters. The molecule has 0 saturated heterocycles. The van der Waals surface area contributed by atoms with Gasteiger partial charge in [0.05, 0.1) is 12.5 Å². The van der Waals surface area contributed by atoms with Gasteiger partial charge in [-0.3, -0.25) is 4.79 Å². The summed E-state index contributed by atoms with van der Waals surface area (Å²) in [6.07, 6.45) is 4.77. The number of amides is 1. The highest BCUT2D eigenvalue weighted by Crippen LogP contribution is 2.42. The molecule has 3 N–H and O–H groups in total. The summed E-state index contributed by atoms with van der Waals surface area (Å²) in [7, 11) is 1.68. The van der Waals surface area contributed by atoms with Crippen molar-refractivity contribution in [3.05, 3.63) is 59.2 Å². The summed E-state index contributed by atoms with van der Waals surface area (Å²) in [6.45, 7) is 2.66. The summed E-state index contributed by atoms with van der Waals surface area (Å²) in [4.78, 5) is 13.1. The molecule has 2 aromatic rings. The third-order valence-electron chi connectivity index (χ3n) is 5.53. The molecule has 1 fully saturated rings. The van der Waals surface area contributed by atoms with Gasteiger partial charge in [-0.25, -0.2) is 0 Å². The number of hydrogen-bond donors (Lipinski definition) is 2. The summed E-state index contributed by atoms with van der Waals surface area (Å²) in [5.41, 5.74) is 9.39. The maximum absolute atomic E-state index is 13.1. The van der Waals surface area contributed by atoms with Gasteiger partial charge in [0.15, 0.2) is 0 Å². The van der Waals surface area contributed by atoms with Crippen molar-refractivity contribution in [3.8, 4) is 5.75 Å². The van der Waals surface area contributed by atoms with Gasteiger partial charge in [-0.1, -0.05) is 37.1 Å². The number of anilines is 1. The van der Waals surface area contributed by atoms with E-state index in [0.29, 0.717) is 6.54 Å². The van der Waals surface area contributed by atoms with Crippen molar-refractivity contribution in [1.29, 1.82) is 0 Å². The molecule has 0 unspecified atom stereocenters. The minimum absolute atomic E-state index is 0. The Morgan fingerprint density at radius 3 is 2.44 bits per heavy atom. The predicted molar refractivity (Wildman–Crippen MR) is 113 cm³/mol. The lowest BCUT2D eigenvalue weighted by molar-refractivity contribution is -0.126. The van der Waals surface area contributed by atoms with Crippen LogP contribution in [0.1, 0.15) is 42.4 Å². The Morgan fingerprint density at radius 2 is 1.81 bits per heavy atom. The molecule has 5 heteroatoms. The lowest BCUT2D eigenvalue weighted by Gasteiger charge is -2.29. The topological polar surface area (TPSA) is 64.3 Å². The molecule has 3 rings (SSSR count). The Kier molecular flexibility index (Phi) is 7.14. The van der Waals surface area contributed by atoms with E-state index in [1.807, 2.05) is 37.3 Å². The molecule has 2 aromatic carbocycles. The van der Waals surface area contributed by atoms with E-state index >= 15 is 0 Å². The smallest absolute Gasteiger partial charge is 0.230 e. The number of methoxy groups -OCH3 is 1. The number of nitrogens with one attached hydrogen (secondary N) is 1. The van der Waals surface area contributed by atoms with Crippen LogP contribution >= 0.6 is 12.4 Å². The average molecular weight is 389 g/mol. The second-order valence-electron chi connectivity index (χ2n) is 7.22. The molecule has 0 aromatic heterocycles. The van der Waals surface area contributed by atoms with Gasteiger partial charge >= 0.3 is 0 Å². The van der Waals surface area contributed by atoms with Crippen molar-refractivity contribution in [2.24, 2.45) is 0 Å². The number of benzene rings is 2. The van der Waals surface area contributed by atoms with Gasteiger partial charge in [0, 0.05) is 12.2 Å². The van der Waals surface area contributed by atoms with Crippen LogP contribution in [0.3, 0.4) is 0 Å². The molecular formula is C22H29ClN2O2. The number of nitrogen functional groups attached to an aromatic ring is 1. The standard InChI is InChI=1S/C22H28N2O2.ClH/c1-16-5-8-18(15-20(16)26-2)22(12-3-4-13-22)21(25)24-14-11-17-6-9-19(23)10-7-17;/h5-10,15H,3-4,11-14,23H2,1-2H3,(H,24,25);1H. The highest BCUT2D eigenvalue weighted by Gasteiger charge is 2.42. The number of halogens is 1. The fraction of sp³-hybridized carbons (Fsp3) is 0.409. The molecule has 0 aliphatic heterocycles. The van der Waals surface area contributed by atoms with E-state index in [1.54, 1.807) is 7.11 Å². The fourth-order valence-electron chi connectivity index (χ4n) is 3.92. The molecule has 146 valence electrons. The summed E-state index contributed by atoms with van der Waals surface area (Å²) < 4.78 is 5.48. The molecule has 1 saturated carbocycles. The number of hydrogen-bond acceptors (Lipinski definition) is 3. The first kappa shape index (κ1) is 21.1. The number of ether oxygens (including phenoxy) is 1. The van der Waals surface area contributed by atoms with Crippen molar-refractivity contribution < 1.29 is 9.53 Å². The molecule has 0 heterocycles. The van der Waals surface area contributed by atoms with E-state index in [9.17, 15) is 4.79 Å². The van der Waals surface area contributed by atoms with Gasteiger partial charge < -0.3 is 15.8 Å². The third kappa shape index (κ3) is 4.56. The Morgan fingerprint density at radius 1 is 1.15 bits per heavy atom. The van der Waals surface area contributed by atoms with Gasteiger partial charge in [0.2, 0.25) is 5.91 Å². The second kappa shape index (κ2) is 9.14. The summed E-state index contributed by atoms with van der Waals surface area (Å²) in [5.74, 6) is 0.986. The first-order chi connectivity index (χ1) is 12.5.